The number of amides is 1. The van der Waals surface area contributed by atoms with Gasteiger partial charge < -0.3 is 20.6 Å². The zero-order valence-corrected chi connectivity index (χ0v) is 14.3. The van der Waals surface area contributed by atoms with Crippen LogP contribution in [0.1, 0.15) is 33.8 Å². The van der Waals surface area contributed by atoms with Crippen LogP contribution in [0.5, 0.6) is 5.75 Å². The van der Waals surface area contributed by atoms with Crippen LogP contribution in [0.15, 0.2) is 41.6 Å². The van der Waals surface area contributed by atoms with Crippen molar-refractivity contribution in [2.45, 2.75) is 12.3 Å². The minimum absolute atomic E-state index is 0.153. The molecule has 2 heterocycles. The number of pyridine rings is 1. The van der Waals surface area contributed by atoms with Gasteiger partial charge in [0.15, 0.2) is 0 Å². The molecule has 0 saturated carbocycles. The monoisotopic (exact) mass is 368 g/mol. The van der Waals surface area contributed by atoms with Crippen LogP contribution in [0, 0.1) is 0 Å². The summed E-state index contributed by atoms with van der Waals surface area (Å²) in [5, 5.41) is 10.5. The fourth-order valence-electron chi connectivity index (χ4n) is 2.91. The molecule has 3 aromatic rings. The number of benzene rings is 1. The number of aromatic amines is 1. The first-order valence-electron chi connectivity index (χ1n) is 7.94. The van der Waals surface area contributed by atoms with E-state index in [1.165, 1.54) is 6.20 Å². The van der Waals surface area contributed by atoms with Crippen molar-refractivity contribution in [1.82, 2.24) is 15.0 Å². The summed E-state index contributed by atoms with van der Waals surface area (Å²) in [6, 6.07) is 5.00. The van der Waals surface area contributed by atoms with Gasteiger partial charge in [-0.3, -0.25) is 19.6 Å². The highest BCUT2D eigenvalue weighted by atomic mass is 16.5. The van der Waals surface area contributed by atoms with Gasteiger partial charge in [0.2, 0.25) is 5.91 Å². The number of carbonyl (C=O) groups excluding carboxylic acids is 2. The molecule has 0 aliphatic carbocycles. The molecular formula is C18H16N4O5. The summed E-state index contributed by atoms with van der Waals surface area (Å²) in [5.41, 5.74) is 6.02. The van der Waals surface area contributed by atoms with Crippen molar-refractivity contribution in [1.29, 1.82) is 0 Å². The number of rotatable bonds is 5. The maximum absolute atomic E-state index is 12.4. The van der Waals surface area contributed by atoms with Crippen LogP contribution in [0.25, 0.3) is 11.0 Å². The molecular weight excluding hydrogens is 352 g/mol. The van der Waals surface area contributed by atoms with Crippen LogP contribution >= 0.6 is 0 Å². The minimum atomic E-state index is -0.887. The fourth-order valence-corrected chi connectivity index (χ4v) is 2.91. The third-order valence-corrected chi connectivity index (χ3v) is 4.16. The topological polar surface area (TPSA) is 148 Å². The van der Waals surface area contributed by atoms with E-state index >= 15 is 0 Å². The van der Waals surface area contributed by atoms with Gasteiger partial charge in [0.05, 0.1) is 23.7 Å². The number of fused-ring (bicyclic) bond motifs is 1. The van der Waals surface area contributed by atoms with E-state index in [-0.39, 0.29) is 17.5 Å². The number of aromatic hydroxyl groups is 1. The SMILES string of the molecule is COC(=O)c1c[nH]c(=O)c([C@@H](CC(N)=O)c2ccc3nccnc3c2)c1O. The first-order chi connectivity index (χ1) is 12.9. The summed E-state index contributed by atoms with van der Waals surface area (Å²) in [4.78, 5) is 46.6. The molecule has 1 amide bonds. The van der Waals surface area contributed by atoms with Crippen molar-refractivity contribution in [3.8, 4) is 5.75 Å². The highest BCUT2D eigenvalue weighted by Gasteiger charge is 2.27. The fraction of sp³-hybridized carbons (Fsp3) is 0.167. The number of methoxy groups -OCH3 is 1. The van der Waals surface area contributed by atoms with Crippen LogP contribution in [0.3, 0.4) is 0 Å². The Hall–Kier alpha value is -3.75. The van der Waals surface area contributed by atoms with E-state index in [0.29, 0.717) is 16.6 Å². The average molecular weight is 368 g/mol. The van der Waals surface area contributed by atoms with Gasteiger partial charge in [0.25, 0.3) is 5.56 Å². The Labute approximate surface area is 152 Å². The number of nitrogens with two attached hydrogens (primary N) is 1. The lowest BCUT2D eigenvalue weighted by Crippen LogP contribution is -2.23. The van der Waals surface area contributed by atoms with Gasteiger partial charge in [-0.2, -0.15) is 0 Å². The Morgan fingerprint density at radius 3 is 2.63 bits per heavy atom. The first-order valence-corrected chi connectivity index (χ1v) is 7.94. The highest BCUT2D eigenvalue weighted by molar-refractivity contribution is 5.92. The van der Waals surface area contributed by atoms with Gasteiger partial charge in [0, 0.05) is 30.9 Å². The quantitative estimate of drug-likeness (QED) is 0.564. The summed E-state index contributed by atoms with van der Waals surface area (Å²) < 4.78 is 4.61. The van der Waals surface area contributed by atoms with E-state index in [1.807, 2.05) is 0 Å². The lowest BCUT2D eigenvalue weighted by atomic mass is 9.87. The number of aromatic nitrogens is 3. The Morgan fingerprint density at radius 1 is 1.26 bits per heavy atom. The van der Waals surface area contributed by atoms with E-state index in [2.05, 4.69) is 19.7 Å². The van der Waals surface area contributed by atoms with Gasteiger partial charge in [-0.05, 0) is 17.7 Å². The molecule has 0 bridgehead atoms. The number of H-pyrrole nitrogens is 1. The third kappa shape index (κ3) is 3.47. The molecule has 9 heteroatoms. The number of esters is 1. The Balaban J connectivity index is 2.22. The lowest BCUT2D eigenvalue weighted by molar-refractivity contribution is -0.118. The number of carbonyl (C=O) groups is 2. The maximum Gasteiger partial charge on any atom is 0.343 e. The standard InChI is InChI=1S/C18H16N4O5/c1-27-18(26)11-8-22-17(25)15(16(11)24)10(7-14(19)23)9-2-3-12-13(6-9)21-5-4-20-12/h2-6,8,10H,7H2,1H3,(H2,19,23)(H2,22,24,25)/t10-/m0/s1. The summed E-state index contributed by atoms with van der Waals surface area (Å²) >= 11 is 0. The number of hydrogen-bond acceptors (Lipinski definition) is 7. The zero-order chi connectivity index (χ0) is 19.6. The molecule has 1 atom stereocenters. The molecule has 2 aromatic heterocycles. The minimum Gasteiger partial charge on any atom is -0.506 e. The Bertz CT molecular complexity index is 1090. The summed E-state index contributed by atoms with van der Waals surface area (Å²) in [6.45, 7) is 0. The molecule has 0 aliphatic heterocycles. The normalized spacial score (nSPS) is 11.9. The summed E-state index contributed by atoms with van der Waals surface area (Å²) in [5.74, 6) is -2.95. The number of hydrogen-bond donors (Lipinski definition) is 3. The highest BCUT2D eigenvalue weighted by Crippen LogP contribution is 2.34. The maximum atomic E-state index is 12.4. The van der Waals surface area contributed by atoms with E-state index in [4.69, 9.17) is 5.73 Å². The van der Waals surface area contributed by atoms with E-state index < -0.39 is 29.1 Å². The van der Waals surface area contributed by atoms with Crippen molar-refractivity contribution in [2.24, 2.45) is 5.73 Å². The van der Waals surface area contributed by atoms with Gasteiger partial charge in [-0.25, -0.2) is 4.79 Å². The summed E-state index contributed by atoms with van der Waals surface area (Å²) in [6.07, 6.45) is 3.85. The Kier molecular flexibility index (Phi) is 4.84. The molecule has 0 unspecified atom stereocenters. The van der Waals surface area contributed by atoms with Crippen molar-refractivity contribution in [3.05, 3.63) is 63.8 Å². The first kappa shape index (κ1) is 18.1. The zero-order valence-electron chi connectivity index (χ0n) is 14.3. The second-order valence-electron chi connectivity index (χ2n) is 5.81. The number of ether oxygens (including phenoxy) is 1. The van der Waals surface area contributed by atoms with Crippen molar-refractivity contribution in [2.75, 3.05) is 7.11 Å². The van der Waals surface area contributed by atoms with Crippen LogP contribution in [0.4, 0.5) is 0 Å². The van der Waals surface area contributed by atoms with Crippen LogP contribution in [0.2, 0.25) is 0 Å². The number of primary amides is 1. The predicted octanol–water partition coefficient (Wildman–Crippen LogP) is 0.818. The van der Waals surface area contributed by atoms with Crippen molar-refractivity contribution >= 4 is 22.9 Å². The van der Waals surface area contributed by atoms with Crippen LogP contribution < -0.4 is 11.3 Å². The van der Waals surface area contributed by atoms with E-state index in [1.54, 1.807) is 24.4 Å². The smallest absolute Gasteiger partial charge is 0.343 e. The second kappa shape index (κ2) is 7.24. The molecule has 27 heavy (non-hydrogen) atoms. The number of nitrogens with one attached hydrogen (secondary N) is 1. The summed E-state index contributed by atoms with van der Waals surface area (Å²) in [7, 11) is 1.15. The van der Waals surface area contributed by atoms with Crippen molar-refractivity contribution < 1.29 is 19.4 Å². The van der Waals surface area contributed by atoms with Crippen molar-refractivity contribution in [3.63, 3.8) is 0 Å². The molecule has 0 spiro atoms. The second-order valence-corrected chi connectivity index (χ2v) is 5.81. The predicted molar refractivity (Wildman–Crippen MR) is 95.3 cm³/mol. The molecule has 0 saturated heterocycles. The van der Waals surface area contributed by atoms with Crippen LogP contribution in [-0.2, 0) is 9.53 Å². The average Bonchev–Trinajstić information content (AvgIpc) is 2.66. The molecule has 0 aliphatic rings. The molecule has 0 radical (unpaired) electrons. The molecule has 1 aromatic carbocycles. The Morgan fingerprint density at radius 2 is 1.96 bits per heavy atom. The van der Waals surface area contributed by atoms with Gasteiger partial charge >= 0.3 is 5.97 Å². The lowest BCUT2D eigenvalue weighted by Gasteiger charge is -2.18. The molecule has 9 nitrogen and oxygen atoms in total. The largest absolute Gasteiger partial charge is 0.506 e. The molecule has 0 fully saturated rings. The third-order valence-electron chi connectivity index (χ3n) is 4.16. The van der Waals surface area contributed by atoms with Gasteiger partial charge in [0.1, 0.15) is 11.3 Å². The van der Waals surface area contributed by atoms with Gasteiger partial charge in [-0.15, -0.1) is 0 Å². The molecule has 138 valence electrons. The van der Waals surface area contributed by atoms with Gasteiger partial charge in [-0.1, -0.05) is 6.07 Å². The van der Waals surface area contributed by atoms with E-state index in [9.17, 15) is 19.5 Å². The molecule has 3 rings (SSSR count). The molecule has 4 N–H and O–H groups in total. The van der Waals surface area contributed by atoms with Crippen LogP contribution in [-0.4, -0.2) is 39.0 Å². The van der Waals surface area contributed by atoms with E-state index in [0.717, 1.165) is 13.3 Å². The number of nitrogens with zero attached hydrogens (tertiary/aromatic N) is 2.